The van der Waals surface area contributed by atoms with Gasteiger partial charge in [0.2, 0.25) is 0 Å². The molecule has 126 valence electrons. The topological polar surface area (TPSA) is 66.5 Å². The standard InChI is InChI=1S/C18H20N2O3S/c1-24(22,23)17-10-6-5-9-16(17)19-18(21)20-12-11-15(13-20)14-7-3-2-4-8-14/h2-10,15H,11-13H2,1H3,(H,19,21)/t15-/m1/s1. The van der Waals surface area contributed by atoms with E-state index in [0.717, 1.165) is 12.7 Å². The van der Waals surface area contributed by atoms with Crippen LogP contribution in [0.15, 0.2) is 59.5 Å². The Hall–Kier alpha value is -2.34. The number of benzene rings is 2. The van der Waals surface area contributed by atoms with Crippen LogP contribution in [0.3, 0.4) is 0 Å². The van der Waals surface area contributed by atoms with Crippen molar-refractivity contribution in [2.75, 3.05) is 24.7 Å². The molecule has 0 saturated carbocycles. The molecule has 0 unspecified atom stereocenters. The first-order valence-corrected chi connectivity index (χ1v) is 9.74. The lowest BCUT2D eigenvalue weighted by molar-refractivity contribution is 0.222. The Morgan fingerprint density at radius 1 is 1.08 bits per heavy atom. The van der Waals surface area contributed by atoms with Gasteiger partial charge in [0, 0.05) is 25.3 Å². The van der Waals surface area contributed by atoms with Gasteiger partial charge in [-0.05, 0) is 24.1 Å². The third kappa shape index (κ3) is 3.59. The number of sulfone groups is 1. The van der Waals surface area contributed by atoms with E-state index in [1.165, 1.54) is 11.6 Å². The van der Waals surface area contributed by atoms with Gasteiger partial charge in [-0.15, -0.1) is 0 Å². The number of rotatable bonds is 3. The monoisotopic (exact) mass is 344 g/mol. The Morgan fingerprint density at radius 2 is 1.75 bits per heavy atom. The third-order valence-electron chi connectivity index (χ3n) is 4.27. The summed E-state index contributed by atoms with van der Waals surface area (Å²) in [6.45, 7) is 1.29. The van der Waals surface area contributed by atoms with Crippen molar-refractivity contribution < 1.29 is 13.2 Å². The maximum absolute atomic E-state index is 12.5. The van der Waals surface area contributed by atoms with E-state index in [1.54, 1.807) is 23.1 Å². The highest BCUT2D eigenvalue weighted by Gasteiger charge is 2.28. The van der Waals surface area contributed by atoms with Crippen LogP contribution in [0.25, 0.3) is 0 Å². The quantitative estimate of drug-likeness (QED) is 0.930. The lowest BCUT2D eigenvalue weighted by Crippen LogP contribution is -2.33. The van der Waals surface area contributed by atoms with E-state index in [4.69, 9.17) is 0 Å². The van der Waals surface area contributed by atoms with Crippen LogP contribution < -0.4 is 5.32 Å². The first kappa shape index (κ1) is 16.5. The second-order valence-corrected chi connectivity index (χ2v) is 8.02. The van der Waals surface area contributed by atoms with Crippen molar-refractivity contribution in [2.45, 2.75) is 17.2 Å². The maximum atomic E-state index is 12.5. The zero-order valence-electron chi connectivity index (χ0n) is 13.5. The van der Waals surface area contributed by atoms with Crippen LogP contribution in [0, 0.1) is 0 Å². The molecule has 0 aromatic heterocycles. The zero-order valence-corrected chi connectivity index (χ0v) is 14.3. The summed E-state index contributed by atoms with van der Waals surface area (Å²) in [5, 5.41) is 2.74. The summed E-state index contributed by atoms with van der Waals surface area (Å²) in [5.74, 6) is 0.321. The minimum Gasteiger partial charge on any atom is -0.324 e. The fourth-order valence-electron chi connectivity index (χ4n) is 3.03. The lowest BCUT2D eigenvalue weighted by Gasteiger charge is -2.18. The van der Waals surface area contributed by atoms with E-state index in [1.807, 2.05) is 18.2 Å². The normalized spacial score (nSPS) is 17.7. The first-order valence-electron chi connectivity index (χ1n) is 7.85. The van der Waals surface area contributed by atoms with Crippen LogP contribution in [0.2, 0.25) is 0 Å². The summed E-state index contributed by atoms with van der Waals surface area (Å²) in [4.78, 5) is 14.4. The highest BCUT2D eigenvalue weighted by molar-refractivity contribution is 7.90. The smallest absolute Gasteiger partial charge is 0.321 e. The van der Waals surface area contributed by atoms with Gasteiger partial charge < -0.3 is 10.2 Å². The number of urea groups is 1. The number of nitrogens with zero attached hydrogens (tertiary/aromatic N) is 1. The van der Waals surface area contributed by atoms with Gasteiger partial charge in [-0.1, -0.05) is 42.5 Å². The molecule has 1 N–H and O–H groups in total. The number of likely N-dealkylation sites (tertiary alicyclic amines) is 1. The number of para-hydroxylation sites is 1. The van der Waals surface area contributed by atoms with Gasteiger partial charge in [-0.3, -0.25) is 0 Å². The Balaban J connectivity index is 1.71. The Bertz CT molecular complexity index is 834. The van der Waals surface area contributed by atoms with Crippen LogP contribution in [0.1, 0.15) is 17.9 Å². The average Bonchev–Trinajstić information content (AvgIpc) is 3.05. The SMILES string of the molecule is CS(=O)(=O)c1ccccc1NC(=O)N1CC[C@@H](c2ccccc2)C1. The summed E-state index contributed by atoms with van der Waals surface area (Å²) < 4.78 is 23.7. The van der Waals surface area contributed by atoms with Gasteiger partial charge in [0.1, 0.15) is 0 Å². The van der Waals surface area contributed by atoms with Gasteiger partial charge in [-0.2, -0.15) is 0 Å². The summed E-state index contributed by atoms with van der Waals surface area (Å²) >= 11 is 0. The molecule has 1 heterocycles. The van der Waals surface area contributed by atoms with Gasteiger partial charge in [-0.25, -0.2) is 13.2 Å². The molecular weight excluding hydrogens is 324 g/mol. The molecule has 1 saturated heterocycles. The van der Waals surface area contributed by atoms with Crippen molar-refractivity contribution >= 4 is 21.6 Å². The number of hydrogen-bond acceptors (Lipinski definition) is 3. The van der Waals surface area contributed by atoms with E-state index in [0.29, 0.717) is 24.7 Å². The molecule has 0 aliphatic carbocycles. The van der Waals surface area contributed by atoms with E-state index in [2.05, 4.69) is 17.4 Å². The number of carbonyl (C=O) groups is 1. The molecule has 2 aromatic rings. The molecule has 0 bridgehead atoms. The number of anilines is 1. The number of amides is 2. The molecule has 6 heteroatoms. The zero-order chi connectivity index (χ0) is 17.2. The molecule has 1 atom stereocenters. The largest absolute Gasteiger partial charge is 0.324 e. The second kappa shape index (κ2) is 6.65. The van der Waals surface area contributed by atoms with Gasteiger partial charge in [0.05, 0.1) is 10.6 Å². The molecule has 1 fully saturated rings. The van der Waals surface area contributed by atoms with E-state index in [-0.39, 0.29) is 10.9 Å². The molecule has 3 rings (SSSR count). The summed E-state index contributed by atoms with van der Waals surface area (Å²) in [6, 6.07) is 16.3. The maximum Gasteiger partial charge on any atom is 0.321 e. The van der Waals surface area contributed by atoms with Crippen molar-refractivity contribution in [3.8, 4) is 0 Å². The van der Waals surface area contributed by atoms with Gasteiger partial charge in [0.25, 0.3) is 0 Å². The molecule has 5 nitrogen and oxygen atoms in total. The summed E-state index contributed by atoms with van der Waals surface area (Å²) in [7, 11) is -3.39. The van der Waals surface area contributed by atoms with Crippen LogP contribution >= 0.6 is 0 Å². The van der Waals surface area contributed by atoms with Crippen LogP contribution in [-0.4, -0.2) is 38.7 Å². The lowest BCUT2D eigenvalue weighted by atomic mass is 9.99. The van der Waals surface area contributed by atoms with Crippen LogP contribution in [0.4, 0.5) is 10.5 Å². The molecule has 2 amide bonds. The van der Waals surface area contributed by atoms with Gasteiger partial charge in [0.15, 0.2) is 9.84 Å². The Labute approximate surface area is 142 Å². The molecule has 0 radical (unpaired) electrons. The summed E-state index contributed by atoms with van der Waals surface area (Å²) in [6.07, 6.45) is 2.05. The predicted octanol–water partition coefficient (Wildman–Crippen LogP) is 3.11. The van der Waals surface area contributed by atoms with Crippen LogP contribution in [0.5, 0.6) is 0 Å². The van der Waals surface area contributed by atoms with E-state index >= 15 is 0 Å². The third-order valence-corrected chi connectivity index (χ3v) is 5.43. The average molecular weight is 344 g/mol. The highest BCUT2D eigenvalue weighted by Crippen LogP contribution is 2.28. The number of nitrogens with one attached hydrogen (secondary N) is 1. The molecule has 0 spiro atoms. The van der Waals surface area contributed by atoms with Crippen molar-refractivity contribution in [2.24, 2.45) is 0 Å². The first-order chi connectivity index (χ1) is 11.4. The second-order valence-electron chi connectivity index (χ2n) is 6.04. The number of carbonyl (C=O) groups excluding carboxylic acids is 1. The van der Waals surface area contributed by atoms with Crippen molar-refractivity contribution in [3.05, 3.63) is 60.2 Å². The van der Waals surface area contributed by atoms with E-state index < -0.39 is 9.84 Å². The minimum absolute atomic E-state index is 0.136. The molecule has 24 heavy (non-hydrogen) atoms. The van der Waals surface area contributed by atoms with Crippen molar-refractivity contribution in [3.63, 3.8) is 0 Å². The minimum atomic E-state index is -3.39. The van der Waals surface area contributed by atoms with Crippen molar-refractivity contribution in [1.29, 1.82) is 0 Å². The highest BCUT2D eigenvalue weighted by atomic mass is 32.2. The van der Waals surface area contributed by atoms with E-state index in [9.17, 15) is 13.2 Å². The molecule has 1 aliphatic heterocycles. The Kier molecular flexibility index (Phi) is 4.57. The fourth-order valence-corrected chi connectivity index (χ4v) is 3.87. The molecule has 2 aromatic carbocycles. The Morgan fingerprint density at radius 3 is 2.46 bits per heavy atom. The van der Waals surface area contributed by atoms with Gasteiger partial charge >= 0.3 is 6.03 Å². The van der Waals surface area contributed by atoms with Crippen LogP contribution in [-0.2, 0) is 9.84 Å². The fraction of sp³-hybridized carbons (Fsp3) is 0.278. The predicted molar refractivity (Wildman–Crippen MR) is 93.9 cm³/mol. The summed E-state index contributed by atoms with van der Waals surface area (Å²) in [5.41, 5.74) is 1.55. The molecular formula is C18H20N2O3S. The number of hydrogen-bond donors (Lipinski definition) is 1. The molecule has 1 aliphatic rings. The van der Waals surface area contributed by atoms with Crippen molar-refractivity contribution in [1.82, 2.24) is 4.90 Å².